The van der Waals surface area contributed by atoms with Crippen molar-refractivity contribution in [1.29, 1.82) is 0 Å². The van der Waals surface area contributed by atoms with Crippen LogP contribution in [0, 0.1) is 11.8 Å². The summed E-state index contributed by atoms with van der Waals surface area (Å²) in [6, 6.07) is 13.6. The molecule has 6 aromatic heterocycles. The van der Waals surface area contributed by atoms with Crippen LogP contribution >= 0.6 is 0 Å². The topological polar surface area (TPSA) is 108 Å². The molecule has 0 saturated heterocycles. The first-order valence-electron chi connectivity index (χ1n) is 33.1. The van der Waals surface area contributed by atoms with E-state index in [4.69, 9.17) is 39.9 Å². The Kier molecular flexibility index (Phi) is 22.3. The van der Waals surface area contributed by atoms with Crippen LogP contribution in [0.15, 0.2) is 48.6 Å². The van der Waals surface area contributed by atoms with Gasteiger partial charge in [0.1, 0.15) is 0 Å². The normalized spacial score (nSPS) is 13.4. The minimum Gasteiger partial charge on any atom is -0.657 e. The summed E-state index contributed by atoms with van der Waals surface area (Å²) in [5.74, 6) is 7.02. The van der Waals surface area contributed by atoms with Crippen molar-refractivity contribution in [2.75, 3.05) is 0 Å². The van der Waals surface area contributed by atoms with Crippen LogP contribution < -0.4 is 19.9 Å². The Hall–Kier alpha value is -6.77. The van der Waals surface area contributed by atoms with E-state index in [0.29, 0.717) is 0 Å². The Labute approximate surface area is 545 Å². The monoisotopic (exact) mass is 1250 g/mol. The molecule has 10 rings (SSSR count). The fourth-order valence-corrected chi connectivity index (χ4v) is 14.8. The molecule has 88 heavy (non-hydrogen) atoms. The van der Waals surface area contributed by atoms with Gasteiger partial charge in [-0.25, -0.2) is 19.9 Å². The maximum absolute atomic E-state index is 5.67. The largest absolute Gasteiger partial charge is 2.00 e. The Morgan fingerprint density at radius 1 is 0.273 bits per heavy atom. The van der Waals surface area contributed by atoms with Gasteiger partial charge in [-0.3, -0.25) is 0 Å². The molecule has 8 nitrogen and oxygen atoms in total. The molecule has 0 fully saturated rings. The van der Waals surface area contributed by atoms with Gasteiger partial charge in [-0.2, -0.15) is 0 Å². The van der Waals surface area contributed by atoms with Gasteiger partial charge in [-0.05, 0) is 183 Å². The predicted molar refractivity (Wildman–Crippen MR) is 368 cm³/mol. The van der Waals surface area contributed by atoms with Crippen LogP contribution in [-0.4, -0.2) is 19.9 Å². The van der Waals surface area contributed by atoms with Crippen molar-refractivity contribution in [2.24, 2.45) is 0 Å². The minimum absolute atomic E-state index is 0. The molecular formula is C78H90N8Ni2. The second-order valence-corrected chi connectivity index (χ2v) is 22.9. The van der Waals surface area contributed by atoms with Crippen LogP contribution in [0.1, 0.15) is 263 Å². The van der Waals surface area contributed by atoms with Crippen LogP contribution in [0.4, 0.5) is 0 Å². The molecule has 462 valence electrons. The van der Waals surface area contributed by atoms with Crippen LogP contribution in [0.2, 0.25) is 0 Å². The third-order valence-corrected chi connectivity index (χ3v) is 18.7. The van der Waals surface area contributed by atoms with E-state index in [1.54, 1.807) is 0 Å². The first-order valence-corrected chi connectivity index (χ1v) is 33.1. The minimum atomic E-state index is 0. The van der Waals surface area contributed by atoms with Crippen molar-refractivity contribution in [3.05, 3.63) is 150 Å². The zero-order valence-corrected chi connectivity index (χ0v) is 57.3. The van der Waals surface area contributed by atoms with Crippen molar-refractivity contribution >= 4 is 101 Å². The fraction of sp³-hybridized carbons (Fsp3) is 0.410. The molecule has 16 bridgehead atoms. The van der Waals surface area contributed by atoms with Crippen molar-refractivity contribution in [3.8, 4) is 11.8 Å². The van der Waals surface area contributed by atoms with Crippen LogP contribution in [0.3, 0.4) is 0 Å². The van der Waals surface area contributed by atoms with Gasteiger partial charge in [0.15, 0.2) is 0 Å². The molecule has 0 atom stereocenters. The van der Waals surface area contributed by atoms with Gasteiger partial charge >= 0.3 is 33.0 Å². The third kappa shape index (κ3) is 11.9. The molecule has 10 heteroatoms. The van der Waals surface area contributed by atoms with Gasteiger partial charge in [0, 0.05) is 0 Å². The molecule has 0 amide bonds. The van der Waals surface area contributed by atoms with Crippen LogP contribution in [0.5, 0.6) is 0 Å². The Morgan fingerprint density at radius 3 is 0.727 bits per heavy atom. The summed E-state index contributed by atoms with van der Waals surface area (Å²) in [5.41, 5.74) is 38.3. The molecule has 0 spiro atoms. The Morgan fingerprint density at radius 2 is 0.489 bits per heavy atom. The number of nitrogens with zero attached hydrogens (tertiary/aromatic N) is 8. The maximum Gasteiger partial charge on any atom is 2.00 e. The fourth-order valence-electron chi connectivity index (χ4n) is 14.8. The number of rotatable bonds is 18. The van der Waals surface area contributed by atoms with Crippen LogP contribution in [0.25, 0.3) is 101 Å². The molecule has 0 N–H and O–H groups in total. The Balaban J connectivity index is 0.00000501. The number of aromatic nitrogens is 8. The summed E-state index contributed by atoms with van der Waals surface area (Å²) >= 11 is 0. The van der Waals surface area contributed by atoms with E-state index in [1.807, 2.05) is 12.2 Å². The van der Waals surface area contributed by atoms with E-state index < -0.39 is 0 Å². The average molecular weight is 1260 g/mol. The van der Waals surface area contributed by atoms with Crippen LogP contribution in [-0.2, 0) is 84.3 Å². The molecule has 0 saturated carbocycles. The van der Waals surface area contributed by atoms with E-state index in [9.17, 15) is 0 Å². The maximum atomic E-state index is 5.67. The summed E-state index contributed by atoms with van der Waals surface area (Å²) in [6.07, 6.45) is 22.2. The Bertz CT molecular complexity index is 4040. The van der Waals surface area contributed by atoms with E-state index in [-0.39, 0.29) is 33.0 Å². The molecule has 6 aromatic rings. The standard InChI is InChI=1S/C78H90N8.2Ni/c1-17-45-49(21-5)67-41-71-53(25-9)57(29-13)75(83-71)61(76-58(30-14)54(26-10)72(84-76)42-68-50(22-6)46(18-2)64(80-68)39-63(45)79-67)37-35-33-34-36-38-62-77-59(31-15)55(27-11)73(85-77)43-69-51(23-7)47(19-3)65(81-69)40-66-48(20-4)52(24-8)70(82-66)44-74-56(28-12)60(32-16)78(62)86-74;;/h35-44H,17-32H2,1-16H3;;/q-4;2*+2/b37-35+,38-36+,63-39?,64-39?,65-40?,66-40?,67-41?,68-42?,69-43?,70-44?,71-41?,72-42?,73-43?,74-44?,75-61?,76-61?,77-62?,78-62?;;. The SMILES string of the molecule is CCC1=C(CC)c2cc3[n-]c(c(/C=C/C#C/C=C/c4c5nc(cc6[n-]c(cc7nc(cc8[n-]c4c(CC)c8CC)C(CC)=C7CC)c(CC)c6CC)C(CC)=C5CC)c4nc(cc5[n-]c(cc1n2)c(CC)c5CC)C(CC)=C4CC)c(CC)c3CC.[Ni+2].[Ni+2]. The van der Waals surface area contributed by atoms with Gasteiger partial charge < -0.3 is 19.9 Å². The van der Waals surface area contributed by atoms with Gasteiger partial charge in [0.05, 0.1) is 45.6 Å². The summed E-state index contributed by atoms with van der Waals surface area (Å²) in [4.78, 5) is 44.4. The molecule has 0 aliphatic carbocycles. The molecule has 0 aromatic carbocycles. The predicted octanol–water partition coefficient (Wildman–Crippen LogP) is 19.6. The van der Waals surface area contributed by atoms with Crippen molar-refractivity contribution < 1.29 is 33.0 Å². The summed E-state index contributed by atoms with van der Waals surface area (Å²) in [7, 11) is 0. The zero-order chi connectivity index (χ0) is 61.1. The number of hydrogen-bond donors (Lipinski definition) is 0. The zero-order valence-electron chi connectivity index (χ0n) is 55.3. The van der Waals surface area contributed by atoms with Gasteiger partial charge in [-0.1, -0.05) is 204 Å². The molecule has 10 heterocycles. The first-order chi connectivity index (χ1) is 41.9. The number of fused-ring (bicyclic) bond motifs is 16. The second-order valence-electron chi connectivity index (χ2n) is 22.9. The smallest absolute Gasteiger partial charge is 0.657 e. The van der Waals surface area contributed by atoms with Gasteiger partial charge in [0.2, 0.25) is 0 Å². The van der Waals surface area contributed by atoms with Gasteiger partial charge in [0.25, 0.3) is 0 Å². The van der Waals surface area contributed by atoms with E-state index in [1.165, 1.54) is 89.1 Å². The van der Waals surface area contributed by atoms with E-state index >= 15 is 0 Å². The summed E-state index contributed by atoms with van der Waals surface area (Å²) in [5, 5.41) is 0. The second kappa shape index (κ2) is 29.2. The average Bonchev–Trinajstić information content (AvgIpc) is 1.73. The molecule has 4 aliphatic rings. The van der Waals surface area contributed by atoms with Crippen molar-refractivity contribution in [3.63, 3.8) is 0 Å². The number of hydrogen-bond acceptors (Lipinski definition) is 4. The summed E-state index contributed by atoms with van der Waals surface area (Å²) < 4.78 is 0. The van der Waals surface area contributed by atoms with E-state index in [0.717, 1.165) is 204 Å². The number of aryl methyl sites for hydroxylation is 8. The molecule has 0 unspecified atom stereocenters. The molecule has 4 aliphatic heterocycles. The quantitative estimate of drug-likeness (QED) is 0.0619. The van der Waals surface area contributed by atoms with Crippen molar-refractivity contribution in [2.45, 2.75) is 214 Å². The summed E-state index contributed by atoms with van der Waals surface area (Å²) in [6.45, 7) is 36.1. The van der Waals surface area contributed by atoms with E-state index in [2.05, 4.69) is 171 Å². The molecule has 0 radical (unpaired) electrons. The third-order valence-electron chi connectivity index (χ3n) is 18.7. The molecular weight excluding hydrogens is 1170 g/mol. The first kappa shape index (κ1) is 67.2. The number of allylic oxidation sites excluding steroid dienone is 10. The van der Waals surface area contributed by atoms with Crippen molar-refractivity contribution in [1.82, 2.24) is 39.9 Å². The van der Waals surface area contributed by atoms with Gasteiger partial charge in [-0.15, -0.1) is 44.1 Å².